The van der Waals surface area contributed by atoms with E-state index in [1.54, 1.807) is 24.1 Å². The molecule has 6 nitrogen and oxygen atoms in total. The van der Waals surface area contributed by atoms with Crippen LogP contribution in [0.3, 0.4) is 0 Å². The molecule has 1 aromatic heterocycles. The Labute approximate surface area is 130 Å². The van der Waals surface area contributed by atoms with Crippen LogP contribution in [0.2, 0.25) is 0 Å². The fourth-order valence-corrected chi connectivity index (χ4v) is 2.82. The van der Waals surface area contributed by atoms with E-state index in [4.69, 9.17) is 4.42 Å². The van der Waals surface area contributed by atoms with Crippen molar-refractivity contribution < 1.29 is 19.1 Å². The minimum absolute atomic E-state index is 0.0301. The monoisotopic (exact) mass is 308 g/mol. The van der Waals surface area contributed by atoms with Crippen molar-refractivity contribution in [3.05, 3.63) is 24.2 Å². The summed E-state index contributed by atoms with van der Waals surface area (Å²) in [6, 6.07) is 3.22. The zero-order chi connectivity index (χ0) is 15.9. The van der Waals surface area contributed by atoms with Crippen LogP contribution in [0.1, 0.15) is 42.7 Å². The topological polar surface area (TPSA) is 82.8 Å². The van der Waals surface area contributed by atoms with Crippen molar-refractivity contribution in [1.29, 1.82) is 0 Å². The fourth-order valence-electron chi connectivity index (χ4n) is 2.82. The largest absolute Gasteiger partial charge is 0.459 e. The van der Waals surface area contributed by atoms with E-state index in [-0.39, 0.29) is 42.6 Å². The van der Waals surface area contributed by atoms with E-state index in [2.05, 4.69) is 5.32 Å². The van der Waals surface area contributed by atoms with Crippen molar-refractivity contribution in [3.63, 3.8) is 0 Å². The van der Waals surface area contributed by atoms with E-state index in [1.807, 2.05) is 0 Å². The number of nitrogens with one attached hydrogen (secondary N) is 1. The molecule has 1 saturated carbocycles. The maximum absolute atomic E-state index is 12.1. The van der Waals surface area contributed by atoms with Gasteiger partial charge in [-0.3, -0.25) is 9.59 Å². The van der Waals surface area contributed by atoms with Crippen LogP contribution in [0, 0.1) is 5.92 Å². The highest BCUT2D eigenvalue weighted by molar-refractivity contribution is 5.91. The van der Waals surface area contributed by atoms with E-state index in [9.17, 15) is 14.7 Å². The SMILES string of the molecule is CN(CC1CCCCC1O)C(=O)CCNC(=O)c1ccco1. The molecule has 2 amide bonds. The van der Waals surface area contributed by atoms with E-state index in [0.29, 0.717) is 6.54 Å². The van der Waals surface area contributed by atoms with E-state index in [1.165, 1.54) is 6.26 Å². The van der Waals surface area contributed by atoms with E-state index in [0.717, 1.165) is 25.7 Å². The molecule has 22 heavy (non-hydrogen) atoms. The minimum atomic E-state index is -0.317. The lowest BCUT2D eigenvalue weighted by molar-refractivity contribution is -0.131. The van der Waals surface area contributed by atoms with Crippen LogP contribution in [0.5, 0.6) is 0 Å². The normalized spacial score (nSPS) is 21.4. The van der Waals surface area contributed by atoms with Crippen molar-refractivity contribution in [2.75, 3.05) is 20.1 Å². The van der Waals surface area contributed by atoms with Gasteiger partial charge in [-0.2, -0.15) is 0 Å². The summed E-state index contributed by atoms with van der Waals surface area (Å²) in [4.78, 5) is 25.4. The first-order valence-electron chi connectivity index (χ1n) is 7.81. The Hall–Kier alpha value is -1.82. The van der Waals surface area contributed by atoms with Gasteiger partial charge in [0.2, 0.25) is 5.91 Å². The lowest BCUT2D eigenvalue weighted by Gasteiger charge is -2.31. The lowest BCUT2D eigenvalue weighted by Crippen LogP contribution is -2.39. The van der Waals surface area contributed by atoms with Crippen molar-refractivity contribution in [1.82, 2.24) is 10.2 Å². The second-order valence-electron chi connectivity index (χ2n) is 5.87. The Kier molecular flexibility index (Phi) is 6.00. The molecule has 0 bridgehead atoms. The van der Waals surface area contributed by atoms with Crippen molar-refractivity contribution in [2.45, 2.75) is 38.2 Å². The Morgan fingerprint density at radius 2 is 2.18 bits per heavy atom. The number of carbonyl (C=O) groups excluding carboxylic acids is 2. The van der Waals surface area contributed by atoms with E-state index < -0.39 is 0 Å². The molecule has 2 unspecified atom stereocenters. The maximum atomic E-state index is 12.1. The first-order chi connectivity index (χ1) is 10.6. The Balaban J connectivity index is 1.69. The quantitative estimate of drug-likeness (QED) is 0.832. The summed E-state index contributed by atoms with van der Waals surface area (Å²) < 4.78 is 4.98. The van der Waals surface area contributed by atoms with Crippen molar-refractivity contribution in [2.24, 2.45) is 5.92 Å². The number of furan rings is 1. The van der Waals surface area contributed by atoms with Crippen LogP contribution >= 0.6 is 0 Å². The highest BCUT2D eigenvalue weighted by Gasteiger charge is 2.25. The molecule has 1 fully saturated rings. The number of rotatable bonds is 6. The molecule has 0 saturated heterocycles. The molecule has 1 heterocycles. The Morgan fingerprint density at radius 3 is 2.86 bits per heavy atom. The third-order valence-electron chi connectivity index (χ3n) is 4.17. The molecule has 0 aromatic carbocycles. The number of amides is 2. The van der Waals surface area contributed by atoms with Crippen LogP contribution in [0.4, 0.5) is 0 Å². The standard InChI is InChI=1S/C16H24N2O4/c1-18(11-12-5-2-3-6-13(12)19)15(20)8-9-17-16(21)14-7-4-10-22-14/h4,7,10,12-13,19H,2-3,5-6,8-9,11H2,1H3,(H,17,21). The molecular formula is C16H24N2O4. The molecule has 1 aromatic rings. The van der Waals surface area contributed by atoms with Crippen LogP contribution in [-0.2, 0) is 4.79 Å². The van der Waals surface area contributed by atoms with Gasteiger partial charge in [-0.25, -0.2) is 0 Å². The van der Waals surface area contributed by atoms with Gasteiger partial charge >= 0.3 is 0 Å². The van der Waals surface area contributed by atoms with Crippen molar-refractivity contribution in [3.8, 4) is 0 Å². The number of hydrogen-bond donors (Lipinski definition) is 2. The average Bonchev–Trinajstić information content (AvgIpc) is 3.03. The third-order valence-corrected chi connectivity index (χ3v) is 4.17. The first kappa shape index (κ1) is 16.5. The Morgan fingerprint density at radius 1 is 1.41 bits per heavy atom. The zero-order valence-electron chi connectivity index (χ0n) is 13.0. The fraction of sp³-hybridized carbons (Fsp3) is 0.625. The smallest absolute Gasteiger partial charge is 0.286 e. The molecule has 0 spiro atoms. The van der Waals surface area contributed by atoms with Gasteiger partial charge in [0, 0.05) is 32.5 Å². The molecule has 0 aliphatic heterocycles. The average molecular weight is 308 g/mol. The number of aliphatic hydroxyl groups excluding tert-OH is 1. The van der Waals surface area contributed by atoms with Crippen LogP contribution < -0.4 is 5.32 Å². The molecule has 122 valence electrons. The molecular weight excluding hydrogens is 284 g/mol. The molecule has 0 radical (unpaired) electrons. The first-order valence-corrected chi connectivity index (χ1v) is 7.81. The van der Waals surface area contributed by atoms with Gasteiger partial charge in [0.15, 0.2) is 5.76 Å². The van der Waals surface area contributed by atoms with Gasteiger partial charge in [-0.05, 0) is 25.0 Å². The van der Waals surface area contributed by atoms with E-state index >= 15 is 0 Å². The van der Waals surface area contributed by atoms with Gasteiger partial charge in [0.05, 0.1) is 12.4 Å². The zero-order valence-corrected chi connectivity index (χ0v) is 13.0. The summed E-state index contributed by atoms with van der Waals surface area (Å²) in [7, 11) is 1.75. The van der Waals surface area contributed by atoms with Gasteiger partial charge in [-0.1, -0.05) is 12.8 Å². The summed E-state index contributed by atoms with van der Waals surface area (Å²) in [5, 5.41) is 12.6. The van der Waals surface area contributed by atoms with Gasteiger partial charge in [-0.15, -0.1) is 0 Å². The molecule has 1 aliphatic rings. The number of aliphatic hydroxyl groups is 1. The summed E-state index contributed by atoms with van der Waals surface area (Å²) >= 11 is 0. The second kappa shape index (κ2) is 7.98. The predicted molar refractivity (Wildman–Crippen MR) is 81.3 cm³/mol. The molecule has 2 atom stereocenters. The maximum Gasteiger partial charge on any atom is 0.286 e. The predicted octanol–water partition coefficient (Wildman–Crippen LogP) is 1.41. The summed E-state index contributed by atoms with van der Waals surface area (Å²) in [5.41, 5.74) is 0. The summed E-state index contributed by atoms with van der Waals surface area (Å²) in [6.45, 7) is 0.849. The highest BCUT2D eigenvalue weighted by Crippen LogP contribution is 2.24. The van der Waals surface area contributed by atoms with Crippen LogP contribution in [0.15, 0.2) is 22.8 Å². The third kappa shape index (κ3) is 4.59. The number of carbonyl (C=O) groups is 2. The summed E-state index contributed by atoms with van der Waals surface area (Å²) in [5.74, 6) is 0.0622. The Bertz CT molecular complexity index is 486. The van der Waals surface area contributed by atoms with Gasteiger partial charge < -0.3 is 19.7 Å². The molecule has 2 N–H and O–H groups in total. The van der Waals surface area contributed by atoms with Gasteiger partial charge in [0.1, 0.15) is 0 Å². The van der Waals surface area contributed by atoms with Gasteiger partial charge in [0.25, 0.3) is 5.91 Å². The number of hydrogen-bond acceptors (Lipinski definition) is 4. The van der Waals surface area contributed by atoms with Crippen LogP contribution in [0.25, 0.3) is 0 Å². The van der Waals surface area contributed by atoms with Crippen LogP contribution in [-0.4, -0.2) is 48.1 Å². The van der Waals surface area contributed by atoms with Crippen molar-refractivity contribution >= 4 is 11.8 Å². The molecule has 2 rings (SSSR count). The highest BCUT2D eigenvalue weighted by atomic mass is 16.3. The second-order valence-corrected chi connectivity index (χ2v) is 5.87. The summed E-state index contributed by atoms with van der Waals surface area (Å²) in [6.07, 6.45) is 5.34. The molecule has 1 aliphatic carbocycles. The molecule has 6 heteroatoms. The number of nitrogens with zero attached hydrogens (tertiary/aromatic N) is 1. The minimum Gasteiger partial charge on any atom is -0.459 e. The lowest BCUT2D eigenvalue weighted by atomic mass is 9.86.